The van der Waals surface area contributed by atoms with Gasteiger partial charge in [-0.2, -0.15) is 0 Å². The van der Waals surface area contributed by atoms with Gasteiger partial charge < -0.3 is 19.5 Å². The Morgan fingerprint density at radius 1 is 0.966 bits per heavy atom. The highest BCUT2D eigenvalue weighted by Gasteiger charge is 2.27. The van der Waals surface area contributed by atoms with E-state index in [1.807, 2.05) is 18.2 Å². The number of benzene rings is 2. The number of ether oxygens (including phenoxy) is 3. The van der Waals surface area contributed by atoms with Crippen LogP contribution in [0.15, 0.2) is 48.5 Å². The third-order valence-corrected chi connectivity index (χ3v) is 4.90. The molecule has 7 nitrogen and oxygen atoms in total. The molecule has 7 heteroatoms. The van der Waals surface area contributed by atoms with Crippen LogP contribution in [0.1, 0.15) is 36.0 Å². The van der Waals surface area contributed by atoms with E-state index in [1.165, 1.54) is 14.2 Å². The fraction of sp³-hybridized carbons (Fsp3) is 0.364. The van der Waals surface area contributed by atoms with Gasteiger partial charge in [-0.3, -0.25) is 10.1 Å². The zero-order valence-corrected chi connectivity index (χ0v) is 16.6. The third-order valence-electron chi connectivity index (χ3n) is 4.90. The fourth-order valence-electron chi connectivity index (χ4n) is 3.53. The summed E-state index contributed by atoms with van der Waals surface area (Å²) >= 11 is 0. The summed E-state index contributed by atoms with van der Waals surface area (Å²) in [7, 11) is 3.04. The van der Waals surface area contributed by atoms with Crippen LogP contribution >= 0.6 is 0 Å². The van der Waals surface area contributed by atoms with Crippen molar-refractivity contribution in [3.8, 4) is 11.5 Å². The maximum absolute atomic E-state index is 12.8. The largest absolute Gasteiger partial charge is 0.493 e. The van der Waals surface area contributed by atoms with Gasteiger partial charge >= 0.3 is 6.09 Å². The Bertz CT molecular complexity index is 840. The van der Waals surface area contributed by atoms with Gasteiger partial charge in [0.15, 0.2) is 11.5 Å². The summed E-state index contributed by atoms with van der Waals surface area (Å²) in [6.45, 7) is 0. The highest BCUT2D eigenvalue weighted by molar-refractivity contribution is 5.98. The first-order valence-corrected chi connectivity index (χ1v) is 9.65. The van der Waals surface area contributed by atoms with Gasteiger partial charge in [0, 0.05) is 18.2 Å². The molecule has 3 rings (SSSR count). The molecule has 2 N–H and O–H groups in total. The Labute approximate surface area is 170 Å². The summed E-state index contributed by atoms with van der Waals surface area (Å²) in [5.41, 5.74) is 1.10. The Morgan fingerprint density at radius 2 is 1.76 bits per heavy atom. The van der Waals surface area contributed by atoms with E-state index in [9.17, 15) is 9.59 Å². The SMILES string of the molecule is COc1cccc(C(=O)N[C@@H]2CCC[C@@H](OC(=O)Nc3ccccc3)C2)c1OC. The molecule has 29 heavy (non-hydrogen) atoms. The van der Waals surface area contributed by atoms with Crippen molar-refractivity contribution in [1.29, 1.82) is 0 Å². The van der Waals surface area contributed by atoms with Crippen molar-refractivity contribution in [2.45, 2.75) is 37.8 Å². The summed E-state index contributed by atoms with van der Waals surface area (Å²) in [6, 6.07) is 14.3. The highest BCUT2D eigenvalue weighted by Crippen LogP contribution is 2.31. The van der Waals surface area contributed by atoms with Crippen LogP contribution < -0.4 is 20.1 Å². The molecule has 0 spiro atoms. The molecule has 1 aliphatic rings. The van der Waals surface area contributed by atoms with Gasteiger partial charge in [0.05, 0.1) is 19.8 Å². The lowest BCUT2D eigenvalue weighted by Crippen LogP contribution is -2.41. The van der Waals surface area contributed by atoms with E-state index >= 15 is 0 Å². The van der Waals surface area contributed by atoms with E-state index in [1.54, 1.807) is 30.3 Å². The molecular weight excluding hydrogens is 372 g/mol. The van der Waals surface area contributed by atoms with Crippen molar-refractivity contribution in [3.63, 3.8) is 0 Å². The number of rotatable bonds is 6. The van der Waals surface area contributed by atoms with Crippen molar-refractivity contribution in [2.24, 2.45) is 0 Å². The fourth-order valence-corrected chi connectivity index (χ4v) is 3.53. The molecule has 0 aromatic heterocycles. The molecule has 1 aliphatic carbocycles. The van der Waals surface area contributed by atoms with Crippen LogP contribution in [-0.2, 0) is 4.74 Å². The number of methoxy groups -OCH3 is 2. The molecule has 0 radical (unpaired) electrons. The van der Waals surface area contributed by atoms with Gasteiger partial charge in [-0.25, -0.2) is 4.79 Å². The molecule has 0 bridgehead atoms. The van der Waals surface area contributed by atoms with E-state index in [2.05, 4.69) is 10.6 Å². The molecule has 2 aromatic carbocycles. The van der Waals surface area contributed by atoms with Crippen LogP contribution in [0.5, 0.6) is 11.5 Å². The second-order valence-corrected chi connectivity index (χ2v) is 6.90. The summed E-state index contributed by atoms with van der Waals surface area (Å²) < 4.78 is 16.1. The summed E-state index contributed by atoms with van der Waals surface area (Å²) in [6.07, 6.45) is 2.31. The second kappa shape index (κ2) is 9.82. The van der Waals surface area contributed by atoms with E-state index in [0.29, 0.717) is 29.2 Å². The maximum atomic E-state index is 12.8. The molecule has 0 heterocycles. The quantitative estimate of drug-likeness (QED) is 0.768. The smallest absolute Gasteiger partial charge is 0.411 e. The van der Waals surface area contributed by atoms with Gasteiger partial charge in [-0.15, -0.1) is 0 Å². The van der Waals surface area contributed by atoms with E-state index in [-0.39, 0.29) is 18.1 Å². The molecule has 0 saturated heterocycles. The number of hydrogen-bond acceptors (Lipinski definition) is 5. The monoisotopic (exact) mass is 398 g/mol. The first-order valence-electron chi connectivity index (χ1n) is 9.65. The van der Waals surface area contributed by atoms with Crippen molar-refractivity contribution >= 4 is 17.7 Å². The van der Waals surface area contributed by atoms with E-state index in [0.717, 1.165) is 19.3 Å². The minimum absolute atomic E-state index is 0.0818. The minimum Gasteiger partial charge on any atom is -0.493 e. The number of nitrogens with one attached hydrogen (secondary N) is 2. The molecule has 154 valence electrons. The van der Waals surface area contributed by atoms with Crippen molar-refractivity contribution in [3.05, 3.63) is 54.1 Å². The standard InChI is InChI=1S/C22H26N2O5/c1-27-19-13-7-12-18(20(19)28-2)21(25)23-16-10-6-11-17(14-16)29-22(26)24-15-8-4-3-5-9-15/h3-5,7-9,12-13,16-17H,6,10-11,14H2,1-2H3,(H,23,25)(H,24,26)/t16-,17-/m1/s1. The predicted octanol–water partition coefficient (Wildman–Crippen LogP) is 3.99. The van der Waals surface area contributed by atoms with Crippen LogP contribution in [0.25, 0.3) is 0 Å². The van der Waals surface area contributed by atoms with Crippen molar-refractivity contribution in [2.75, 3.05) is 19.5 Å². The molecule has 1 fully saturated rings. The first-order chi connectivity index (χ1) is 14.1. The summed E-state index contributed by atoms with van der Waals surface area (Å²) in [5.74, 6) is 0.668. The van der Waals surface area contributed by atoms with Crippen molar-refractivity contribution < 1.29 is 23.8 Å². The van der Waals surface area contributed by atoms with Crippen LogP contribution in [0.3, 0.4) is 0 Å². The molecular formula is C22H26N2O5. The summed E-state index contributed by atoms with van der Waals surface area (Å²) in [4.78, 5) is 24.9. The zero-order valence-electron chi connectivity index (χ0n) is 16.6. The van der Waals surface area contributed by atoms with Crippen LogP contribution in [-0.4, -0.2) is 38.4 Å². The van der Waals surface area contributed by atoms with E-state index in [4.69, 9.17) is 14.2 Å². The average Bonchev–Trinajstić information content (AvgIpc) is 2.73. The number of carbonyl (C=O) groups is 2. The van der Waals surface area contributed by atoms with Crippen LogP contribution in [0.4, 0.5) is 10.5 Å². The third kappa shape index (κ3) is 5.40. The topological polar surface area (TPSA) is 85.9 Å². The number of anilines is 1. The number of carbonyl (C=O) groups excluding carboxylic acids is 2. The maximum Gasteiger partial charge on any atom is 0.411 e. The Hall–Kier alpha value is -3.22. The van der Waals surface area contributed by atoms with Crippen LogP contribution in [0.2, 0.25) is 0 Å². The zero-order chi connectivity index (χ0) is 20.6. The summed E-state index contributed by atoms with van der Waals surface area (Å²) in [5, 5.41) is 5.75. The molecule has 2 atom stereocenters. The van der Waals surface area contributed by atoms with Gasteiger partial charge in [0.2, 0.25) is 0 Å². The number of hydrogen-bond donors (Lipinski definition) is 2. The minimum atomic E-state index is -0.484. The number of amides is 2. The number of para-hydroxylation sites is 2. The first kappa shape index (κ1) is 20.5. The molecule has 1 saturated carbocycles. The average molecular weight is 398 g/mol. The predicted molar refractivity (Wildman–Crippen MR) is 110 cm³/mol. The highest BCUT2D eigenvalue weighted by atomic mass is 16.6. The molecule has 2 aromatic rings. The van der Waals surface area contributed by atoms with Gasteiger partial charge in [0.25, 0.3) is 5.91 Å². The molecule has 0 aliphatic heterocycles. The molecule has 2 amide bonds. The second-order valence-electron chi connectivity index (χ2n) is 6.90. The Balaban J connectivity index is 1.57. The van der Waals surface area contributed by atoms with E-state index < -0.39 is 6.09 Å². The normalized spacial score (nSPS) is 18.4. The van der Waals surface area contributed by atoms with Crippen molar-refractivity contribution in [1.82, 2.24) is 5.32 Å². The van der Waals surface area contributed by atoms with Crippen LogP contribution in [0, 0.1) is 0 Å². The van der Waals surface area contributed by atoms with Gasteiger partial charge in [-0.05, 0) is 43.5 Å². The Morgan fingerprint density at radius 3 is 2.48 bits per heavy atom. The molecule has 0 unspecified atom stereocenters. The lowest BCUT2D eigenvalue weighted by Gasteiger charge is -2.29. The van der Waals surface area contributed by atoms with Gasteiger partial charge in [-0.1, -0.05) is 24.3 Å². The van der Waals surface area contributed by atoms with Gasteiger partial charge in [0.1, 0.15) is 6.10 Å². The lowest BCUT2D eigenvalue weighted by molar-refractivity contribution is 0.0711. The lowest BCUT2D eigenvalue weighted by atomic mass is 9.92. The Kier molecular flexibility index (Phi) is 6.94.